The molecule has 1 aromatic rings. The Balaban J connectivity index is 2.40. The third-order valence-corrected chi connectivity index (χ3v) is 2.78. The number of carboxylic acid groups (broad SMARTS) is 1. The monoisotopic (exact) mass is 285 g/mol. The normalized spacial score (nSPS) is 10.7. The van der Waals surface area contributed by atoms with Gasteiger partial charge in [-0.3, -0.25) is 0 Å². The predicted octanol–water partition coefficient (Wildman–Crippen LogP) is 3.66. The molecule has 0 heterocycles. The van der Waals surface area contributed by atoms with E-state index in [1.54, 1.807) is 12.1 Å². The van der Waals surface area contributed by atoms with Crippen molar-refractivity contribution in [2.75, 3.05) is 18.5 Å². The fourth-order valence-corrected chi connectivity index (χ4v) is 1.79. The second kappa shape index (κ2) is 8.02. The van der Waals surface area contributed by atoms with E-state index in [4.69, 9.17) is 21.4 Å². The molecule has 0 amide bonds. The molecule has 0 unspecified atom stereocenters. The Labute approximate surface area is 118 Å². The van der Waals surface area contributed by atoms with Gasteiger partial charge in [0, 0.05) is 18.2 Å². The number of unbranched alkanes of at least 4 members (excludes halogenated alkanes) is 1. The minimum absolute atomic E-state index is 0.239. The van der Waals surface area contributed by atoms with Gasteiger partial charge in [0.25, 0.3) is 0 Å². The molecule has 5 heteroatoms. The molecule has 0 aliphatic heterocycles. The summed E-state index contributed by atoms with van der Waals surface area (Å²) in [5.41, 5.74) is 0.799. The molecule has 0 bridgehead atoms. The van der Waals surface area contributed by atoms with Crippen molar-refractivity contribution >= 4 is 23.3 Å². The Morgan fingerprint density at radius 3 is 2.79 bits per heavy atom. The number of ether oxygens (including phenoxy) is 1. The molecule has 4 nitrogen and oxygen atoms in total. The average molecular weight is 286 g/mol. The van der Waals surface area contributed by atoms with Gasteiger partial charge in [0.15, 0.2) is 0 Å². The van der Waals surface area contributed by atoms with Crippen molar-refractivity contribution in [3.05, 3.63) is 28.8 Å². The van der Waals surface area contributed by atoms with Gasteiger partial charge in [-0.15, -0.1) is 0 Å². The topological polar surface area (TPSA) is 58.6 Å². The zero-order valence-corrected chi connectivity index (χ0v) is 12.0. The van der Waals surface area contributed by atoms with E-state index in [0.29, 0.717) is 17.3 Å². The van der Waals surface area contributed by atoms with Crippen molar-refractivity contribution in [3.63, 3.8) is 0 Å². The van der Waals surface area contributed by atoms with Crippen LogP contribution < -0.4 is 5.32 Å². The molecule has 0 radical (unpaired) electrons. The molecular formula is C14H20ClNO3. The fourth-order valence-electron chi connectivity index (χ4n) is 1.62. The van der Waals surface area contributed by atoms with Gasteiger partial charge in [0.2, 0.25) is 0 Å². The molecule has 106 valence electrons. The number of halogens is 1. The zero-order valence-electron chi connectivity index (χ0n) is 11.3. The van der Waals surface area contributed by atoms with Gasteiger partial charge in [-0.2, -0.15) is 0 Å². The lowest BCUT2D eigenvalue weighted by molar-refractivity contribution is 0.0697. The number of hydrogen-bond acceptors (Lipinski definition) is 3. The number of anilines is 1. The Morgan fingerprint density at radius 1 is 1.42 bits per heavy atom. The van der Waals surface area contributed by atoms with E-state index in [2.05, 4.69) is 5.32 Å². The van der Waals surface area contributed by atoms with Crippen LogP contribution in [0.5, 0.6) is 0 Å². The Morgan fingerprint density at radius 2 is 2.16 bits per heavy atom. The van der Waals surface area contributed by atoms with Crippen LogP contribution >= 0.6 is 11.6 Å². The molecule has 0 aromatic heterocycles. The maximum absolute atomic E-state index is 11.0. The Bertz CT molecular complexity index is 421. The molecule has 1 rings (SSSR count). The van der Waals surface area contributed by atoms with Crippen molar-refractivity contribution < 1.29 is 14.6 Å². The summed E-state index contributed by atoms with van der Waals surface area (Å²) in [4.78, 5) is 11.0. The number of nitrogens with one attached hydrogen (secondary N) is 1. The Hall–Kier alpha value is -1.26. The maximum Gasteiger partial charge on any atom is 0.337 e. The highest BCUT2D eigenvalue weighted by Gasteiger charge is 2.09. The minimum atomic E-state index is -0.956. The maximum atomic E-state index is 11.0. The second-order valence-corrected chi connectivity index (χ2v) is 4.98. The zero-order chi connectivity index (χ0) is 14.3. The molecule has 19 heavy (non-hydrogen) atoms. The summed E-state index contributed by atoms with van der Waals surface area (Å²) in [7, 11) is 0. The van der Waals surface area contributed by atoms with Crippen molar-refractivity contribution in [2.24, 2.45) is 0 Å². The van der Waals surface area contributed by atoms with E-state index >= 15 is 0 Å². The van der Waals surface area contributed by atoms with Gasteiger partial charge >= 0.3 is 5.97 Å². The third-order valence-electron chi connectivity index (χ3n) is 2.55. The van der Waals surface area contributed by atoms with Crippen LogP contribution in [0.1, 0.15) is 37.0 Å². The van der Waals surface area contributed by atoms with Crippen molar-refractivity contribution in [1.82, 2.24) is 0 Å². The lowest BCUT2D eigenvalue weighted by Crippen LogP contribution is -2.09. The van der Waals surface area contributed by atoms with Gasteiger partial charge in [-0.25, -0.2) is 4.79 Å². The fraction of sp³-hybridized carbons (Fsp3) is 0.500. The highest BCUT2D eigenvalue weighted by molar-refractivity contribution is 6.31. The first-order valence-electron chi connectivity index (χ1n) is 6.39. The van der Waals surface area contributed by atoms with Crippen molar-refractivity contribution in [1.29, 1.82) is 0 Å². The van der Waals surface area contributed by atoms with E-state index in [-0.39, 0.29) is 11.7 Å². The number of aromatic carboxylic acids is 1. The molecule has 0 aliphatic rings. The molecule has 0 aliphatic carbocycles. The van der Waals surface area contributed by atoms with Gasteiger partial charge in [0.1, 0.15) is 0 Å². The number of carbonyl (C=O) groups is 1. The second-order valence-electron chi connectivity index (χ2n) is 4.55. The summed E-state index contributed by atoms with van der Waals surface area (Å²) in [5.74, 6) is -0.956. The number of hydrogen-bond donors (Lipinski definition) is 2. The lowest BCUT2D eigenvalue weighted by atomic mass is 10.1. The number of carboxylic acids is 1. The van der Waals surface area contributed by atoms with Crippen LogP contribution in [0.2, 0.25) is 5.02 Å². The van der Waals surface area contributed by atoms with E-state index in [1.807, 2.05) is 13.8 Å². The first kappa shape index (κ1) is 15.8. The van der Waals surface area contributed by atoms with Crippen LogP contribution in [-0.4, -0.2) is 30.3 Å². The Kier molecular flexibility index (Phi) is 6.67. The number of rotatable bonds is 8. The smallest absolute Gasteiger partial charge is 0.337 e. The average Bonchev–Trinajstić information content (AvgIpc) is 2.33. The first-order valence-corrected chi connectivity index (χ1v) is 6.77. The highest BCUT2D eigenvalue weighted by Crippen LogP contribution is 2.21. The van der Waals surface area contributed by atoms with Crippen LogP contribution in [0.4, 0.5) is 5.69 Å². The molecule has 0 saturated carbocycles. The van der Waals surface area contributed by atoms with Crippen LogP contribution in [-0.2, 0) is 4.74 Å². The van der Waals surface area contributed by atoms with Crippen LogP contribution in [0, 0.1) is 0 Å². The standard InChI is InChI=1S/C14H20ClNO3/c1-10(2)19-8-4-3-7-16-13-9-11(15)5-6-12(13)14(17)18/h5-6,9-10,16H,3-4,7-8H2,1-2H3,(H,17,18). The molecule has 2 N–H and O–H groups in total. The molecular weight excluding hydrogens is 266 g/mol. The summed E-state index contributed by atoms with van der Waals surface area (Å²) in [6.07, 6.45) is 2.10. The van der Waals surface area contributed by atoms with E-state index < -0.39 is 5.97 Å². The highest BCUT2D eigenvalue weighted by atomic mass is 35.5. The molecule has 1 aromatic carbocycles. The van der Waals surface area contributed by atoms with E-state index in [1.165, 1.54) is 6.07 Å². The number of benzene rings is 1. The summed E-state index contributed by atoms with van der Waals surface area (Å²) in [5, 5.41) is 12.7. The SMILES string of the molecule is CC(C)OCCCCNc1cc(Cl)ccc1C(=O)O. The molecule has 0 saturated heterocycles. The third kappa shape index (κ3) is 5.94. The summed E-state index contributed by atoms with van der Waals surface area (Å²) in [6.45, 7) is 5.43. The van der Waals surface area contributed by atoms with E-state index in [9.17, 15) is 4.79 Å². The molecule has 0 spiro atoms. The van der Waals surface area contributed by atoms with Crippen LogP contribution in [0.15, 0.2) is 18.2 Å². The quantitative estimate of drug-likeness (QED) is 0.716. The van der Waals surface area contributed by atoms with Crippen LogP contribution in [0.25, 0.3) is 0 Å². The lowest BCUT2D eigenvalue weighted by Gasteiger charge is -2.11. The van der Waals surface area contributed by atoms with E-state index in [0.717, 1.165) is 19.4 Å². The summed E-state index contributed by atoms with van der Waals surface area (Å²) in [6, 6.07) is 4.72. The minimum Gasteiger partial charge on any atom is -0.478 e. The van der Waals surface area contributed by atoms with Crippen LogP contribution in [0.3, 0.4) is 0 Å². The van der Waals surface area contributed by atoms with Gasteiger partial charge in [0.05, 0.1) is 17.4 Å². The van der Waals surface area contributed by atoms with Crippen molar-refractivity contribution in [3.8, 4) is 0 Å². The summed E-state index contributed by atoms with van der Waals surface area (Å²) >= 11 is 5.87. The van der Waals surface area contributed by atoms with Gasteiger partial charge in [-0.05, 0) is 44.9 Å². The largest absolute Gasteiger partial charge is 0.478 e. The van der Waals surface area contributed by atoms with Gasteiger partial charge < -0.3 is 15.2 Å². The molecule has 0 atom stereocenters. The first-order chi connectivity index (χ1) is 9.00. The van der Waals surface area contributed by atoms with Crippen molar-refractivity contribution in [2.45, 2.75) is 32.8 Å². The predicted molar refractivity (Wildman–Crippen MR) is 77.2 cm³/mol. The molecule has 0 fully saturated rings. The van der Waals surface area contributed by atoms with Gasteiger partial charge in [-0.1, -0.05) is 11.6 Å². The summed E-state index contributed by atoms with van der Waals surface area (Å²) < 4.78 is 5.43.